The zero-order chi connectivity index (χ0) is 18.2. The summed E-state index contributed by atoms with van der Waals surface area (Å²) in [6, 6.07) is 7.31. The molecule has 0 spiro atoms. The first kappa shape index (κ1) is 19.3. The number of hydrogen-bond donors (Lipinski definition) is 2. The minimum atomic E-state index is -0.374. The average molecular weight is 382 g/mol. The predicted octanol–water partition coefficient (Wildman–Crippen LogP) is 1.78. The summed E-state index contributed by atoms with van der Waals surface area (Å²) in [5, 5.41) is 12.3. The average Bonchev–Trinajstić information content (AvgIpc) is 2.99. The fourth-order valence-corrected chi connectivity index (χ4v) is 3.12. The lowest BCUT2D eigenvalue weighted by molar-refractivity contribution is -0.119. The zero-order valence-corrected chi connectivity index (χ0v) is 15.4. The molecule has 0 radical (unpaired) electrons. The Morgan fingerprint density at radius 1 is 1.28 bits per heavy atom. The molecular formula is C16H20ClN5O2S. The maximum Gasteiger partial charge on any atom is 0.230 e. The minimum absolute atomic E-state index is 0.0933. The molecule has 2 amide bonds. The molecule has 1 heterocycles. The van der Waals surface area contributed by atoms with Crippen molar-refractivity contribution in [3.8, 4) is 0 Å². The monoisotopic (exact) mass is 381 g/mol. The smallest absolute Gasteiger partial charge is 0.230 e. The number of carbonyl (C=O) groups excluding carboxylic acids is 2. The summed E-state index contributed by atoms with van der Waals surface area (Å²) in [6.07, 6.45) is 0.671. The number of thioether (sulfide) groups is 1. The standard InChI is InChI=1S/C16H20ClN5O2S/c1-2-22-14(8-7-13(18)23)20-21-16(22)25-10-15(24)19-9-11-3-5-12(17)6-4-11/h3-6H,2,7-10H2,1H3,(H2,18,23)(H,19,24). The quantitative estimate of drug-likeness (QED) is 0.644. The minimum Gasteiger partial charge on any atom is -0.370 e. The van der Waals surface area contributed by atoms with E-state index in [-0.39, 0.29) is 24.0 Å². The van der Waals surface area contributed by atoms with E-state index >= 15 is 0 Å². The normalized spacial score (nSPS) is 10.6. The van der Waals surface area contributed by atoms with Crippen molar-refractivity contribution in [3.63, 3.8) is 0 Å². The molecule has 2 rings (SSSR count). The number of nitrogens with two attached hydrogens (primary N) is 1. The van der Waals surface area contributed by atoms with Crippen LogP contribution in [0.1, 0.15) is 24.7 Å². The van der Waals surface area contributed by atoms with Crippen molar-refractivity contribution in [2.24, 2.45) is 5.73 Å². The van der Waals surface area contributed by atoms with Gasteiger partial charge in [0.1, 0.15) is 5.82 Å². The van der Waals surface area contributed by atoms with Crippen LogP contribution in [0.3, 0.4) is 0 Å². The third kappa shape index (κ3) is 6.06. The van der Waals surface area contributed by atoms with Crippen LogP contribution in [0.4, 0.5) is 0 Å². The molecule has 0 bridgehead atoms. The highest BCUT2D eigenvalue weighted by atomic mass is 35.5. The van der Waals surface area contributed by atoms with Gasteiger partial charge < -0.3 is 15.6 Å². The number of nitrogens with zero attached hydrogens (tertiary/aromatic N) is 3. The van der Waals surface area contributed by atoms with Crippen molar-refractivity contribution in [3.05, 3.63) is 40.7 Å². The van der Waals surface area contributed by atoms with E-state index < -0.39 is 0 Å². The maximum absolute atomic E-state index is 12.0. The Morgan fingerprint density at radius 3 is 2.64 bits per heavy atom. The van der Waals surface area contributed by atoms with E-state index in [1.165, 1.54) is 11.8 Å². The Kier molecular flexibility index (Phi) is 7.27. The van der Waals surface area contributed by atoms with Crippen LogP contribution in [0, 0.1) is 0 Å². The van der Waals surface area contributed by atoms with E-state index in [4.69, 9.17) is 17.3 Å². The third-order valence-corrected chi connectivity index (χ3v) is 4.66. The number of benzene rings is 1. The van der Waals surface area contributed by atoms with Crippen molar-refractivity contribution in [2.45, 2.75) is 38.0 Å². The molecule has 1 aromatic heterocycles. The molecule has 0 aliphatic heterocycles. The van der Waals surface area contributed by atoms with Gasteiger partial charge in [0, 0.05) is 31.0 Å². The number of nitrogens with one attached hydrogen (secondary N) is 1. The first-order valence-electron chi connectivity index (χ1n) is 7.84. The van der Waals surface area contributed by atoms with Crippen LogP contribution in [0.15, 0.2) is 29.4 Å². The summed E-state index contributed by atoms with van der Waals surface area (Å²) in [6.45, 7) is 3.07. The topological polar surface area (TPSA) is 103 Å². The Hall–Kier alpha value is -2.06. The van der Waals surface area contributed by atoms with E-state index in [1.807, 2.05) is 23.6 Å². The van der Waals surface area contributed by atoms with Gasteiger partial charge in [-0.2, -0.15) is 0 Å². The van der Waals surface area contributed by atoms with Gasteiger partial charge in [-0.25, -0.2) is 0 Å². The van der Waals surface area contributed by atoms with Crippen LogP contribution in [0.5, 0.6) is 0 Å². The van der Waals surface area contributed by atoms with E-state index in [9.17, 15) is 9.59 Å². The van der Waals surface area contributed by atoms with E-state index in [1.54, 1.807) is 12.1 Å². The number of carbonyl (C=O) groups is 2. The summed E-state index contributed by atoms with van der Waals surface area (Å²) < 4.78 is 1.89. The molecule has 7 nitrogen and oxygen atoms in total. The van der Waals surface area contributed by atoms with Crippen LogP contribution in [-0.2, 0) is 29.1 Å². The molecule has 134 valence electrons. The lowest BCUT2D eigenvalue weighted by atomic mass is 10.2. The van der Waals surface area contributed by atoms with E-state index in [2.05, 4.69) is 15.5 Å². The summed E-state index contributed by atoms with van der Waals surface area (Å²) in [7, 11) is 0. The van der Waals surface area contributed by atoms with E-state index in [0.717, 1.165) is 5.56 Å². The summed E-state index contributed by atoms with van der Waals surface area (Å²) >= 11 is 7.14. The van der Waals surface area contributed by atoms with Crippen molar-refractivity contribution < 1.29 is 9.59 Å². The Morgan fingerprint density at radius 2 is 2.00 bits per heavy atom. The SMILES string of the molecule is CCn1c(CCC(N)=O)nnc1SCC(=O)NCc1ccc(Cl)cc1. The van der Waals surface area contributed by atoms with Crippen LogP contribution < -0.4 is 11.1 Å². The molecule has 0 atom stereocenters. The van der Waals surface area contributed by atoms with Crippen molar-refractivity contribution in [1.82, 2.24) is 20.1 Å². The van der Waals surface area contributed by atoms with Crippen LogP contribution in [-0.4, -0.2) is 32.3 Å². The zero-order valence-electron chi connectivity index (χ0n) is 13.9. The molecule has 0 unspecified atom stereocenters. The summed E-state index contributed by atoms with van der Waals surface area (Å²) in [5.74, 6) is 0.470. The molecule has 9 heteroatoms. The van der Waals surface area contributed by atoms with Crippen LogP contribution >= 0.6 is 23.4 Å². The van der Waals surface area contributed by atoms with Gasteiger partial charge in [-0.15, -0.1) is 10.2 Å². The number of primary amides is 1. The lowest BCUT2D eigenvalue weighted by Gasteiger charge is -2.07. The highest BCUT2D eigenvalue weighted by Crippen LogP contribution is 2.17. The number of halogens is 1. The second kappa shape index (κ2) is 9.43. The Labute approximate surface area is 155 Å². The lowest BCUT2D eigenvalue weighted by Crippen LogP contribution is -2.24. The van der Waals surface area contributed by atoms with E-state index in [0.29, 0.717) is 35.5 Å². The predicted molar refractivity (Wildman–Crippen MR) is 97.2 cm³/mol. The summed E-state index contributed by atoms with van der Waals surface area (Å²) in [5.41, 5.74) is 6.14. The molecule has 0 fully saturated rings. The van der Waals surface area contributed by atoms with Gasteiger partial charge in [0.2, 0.25) is 11.8 Å². The molecule has 3 N–H and O–H groups in total. The van der Waals surface area contributed by atoms with Crippen molar-refractivity contribution in [2.75, 3.05) is 5.75 Å². The van der Waals surface area contributed by atoms with Gasteiger partial charge in [0.25, 0.3) is 0 Å². The van der Waals surface area contributed by atoms with Gasteiger partial charge in [0.05, 0.1) is 5.75 Å². The molecule has 0 saturated heterocycles. The second-order valence-electron chi connectivity index (χ2n) is 5.30. The van der Waals surface area contributed by atoms with Gasteiger partial charge in [-0.3, -0.25) is 9.59 Å². The molecule has 0 aliphatic rings. The van der Waals surface area contributed by atoms with Gasteiger partial charge in [-0.1, -0.05) is 35.5 Å². The number of aryl methyl sites for hydroxylation is 1. The number of hydrogen-bond acceptors (Lipinski definition) is 5. The maximum atomic E-state index is 12.0. The number of aromatic nitrogens is 3. The molecule has 0 aliphatic carbocycles. The fourth-order valence-electron chi connectivity index (χ4n) is 2.15. The molecule has 1 aromatic carbocycles. The number of amides is 2. The van der Waals surface area contributed by atoms with Crippen molar-refractivity contribution >= 4 is 35.2 Å². The van der Waals surface area contributed by atoms with Gasteiger partial charge in [0.15, 0.2) is 5.16 Å². The van der Waals surface area contributed by atoms with Gasteiger partial charge >= 0.3 is 0 Å². The first-order chi connectivity index (χ1) is 12.0. The second-order valence-corrected chi connectivity index (χ2v) is 6.68. The molecule has 2 aromatic rings. The first-order valence-corrected chi connectivity index (χ1v) is 9.20. The summed E-state index contributed by atoms with van der Waals surface area (Å²) in [4.78, 5) is 22.9. The largest absolute Gasteiger partial charge is 0.370 e. The molecule has 0 saturated carbocycles. The highest BCUT2D eigenvalue weighted by molar-refractivity contribution is 7.99. The van der Waals surface area contributed by atoms with Gasteiger partial charge in [-0.05, 0) is 24.6 Å². The van der Waals surface area contributed by atoms with Crippen molar-refractivity contribution in [1.29, 1.82) is 0 Å². The number of rotatable bonds is 9. The Balaban J connectivity index is 1.84. The van der Waals surface area contributed by atoms with Crippen LogP contribution in [0.2, 0.25) is 5.02 Å². The highest BCUT2D eigenvalue weighted by Gasteiger charge is 2.13. The molecule has 25 heavy (non-hydrogen) atoms. The molecular weight excluding hydrogens is 362 g/mol. The Bertz CT molecular complexity index is 733. The van der Waals surface area contributed by atoms with Crippen LogP contribution in [0.25, 0.3) is 0 Å². The fraction of sp³-hybridized carbons (Fsp3) is 0.375. The third-order valence-electron chi connectivity index (χ3n) is 3.44.